The Bertz CT molecular complexity index is 349. The van der Waals surface area contributed by atoms with E-state index < -0.39 is 5.97 Å². The van der Waals surface area contributed by atoms with Gasteiger partial charge < -0.3 is 4.74 Å². The number of esters is 1. The van der Waals surface area contributed by atoms with E-state index in [1.807, 2.05) is 0 Å². The van der Waals surface area contributed by atoms with Crippen molar-refractivity contribution < 1.29 is 9.53 Å². The molecular weight excluding hydrogens is 190 g/mol. The van der Waals surface area contributed by atoms with E-state index in [0.29, 0.717) is 10.6 Å². The monoisotopic (exact) mass is 197 g/mol. The Labute approximate surface area is 81.0 Å². The summed E-state index contributed by atoms with van der Waals surface area (Å²) in [5, 5.41) is 0.317. The third-order valence-corrected chi connectivity index (χ3v) is 1.95. The van der Waals surface area contributed by atoms with E-state index >= 15 is 0 Å². The molecule has 0 unspecified atom stereocenters. The summed E-state index contributed by atoms with van der Waals surface area (Å²) in [5.41, 5.74) is 0.867. The van der Waals surface area contributed by atoms with Gasteiger partial charge in [0.25, 0.3) is 0 Å². The van der Waals surface area contributed by atoms with E-state index in [0.717, 1.165) is 0 Å². The highest BCUT2D eigenvalue weighted by Crippen LogP contribution is 2.21. The molecule has 0 aliphatic heterocycles. The van der Waals surface area contributed by atoms with Crippen LogP contribution in [-0.4, -0.2) is 18.1 Å². The number of hydrogen-bond donors (Lipinski definition) is 0. The van der Waals surface area contributed by atoms with Gasteiger partial charge in [0.05, 0.1) is 17.7 Å². The fraction of sp³-hybridized carbons (Fsp3) is 0.111. The highest BCUT2D eigenvalue weighted by molar-refractivity contribution is 6.34. The largest absolute Gasteiger partial charge is 0.465 e. The molecule has 0 aliphatic rings. The van der Waals surface area contributed by atoms with Crippen molar-refractivity contribution in [3.63, 3.8) is 0 Å². The zero-order valence-corrected chi connectivity index (χ0v) is 7.84. The summed E-state index contributed by atoms with van der Waals surface area (Å²) in [6.07, 6.45) is 4.42. The first kappa shape index (κ1) is 9.74. The molecule has 3 nitrogen and oxygen atoms in total. The van der Waals surface area contributed by atoms with Crippen molar-refractivity contribution in [1.82, 2.24) is 4.98 Å². The minimum absolute atomic E-state index is 0.251. The molecule has 1 aromatic heterocycles. The van der Waals surface area contributed by atoms with Gasteiger partial charge in [-0.2, -0.15) is 0 Å². The average Bonchev–Trinajstić information content (AvgIpc) is 2.17. The van der Waals surface area contributed by atoms with Crippen LogP contribution >= 0.6 is 11.6 Å². The number of hydrogen-bond acceptors (Lipinski definition) is 3. The van der Waals surface area contributed by atoms with E-state index in [-0.39, 0.29) is 5.56 Å². The van der Waals surface area contributed by atoms with E-state index in [4.69, 9.17) is 11.6 Å². The minimum Gasteiger partial charge on any atom is -0.465 e. The maximum atomic E-state index is 11.1. The number of nitrogens with zero attached hydrogens (tertiary/aromatic N) is 1. The summed E-state index contributed by atoms with van der Waals surface area (Å²) in [6, 6.07) is 0. The second-order valence-corrected chi connectivity index (χ2v) is 2.66. The first-order chi connectivity index (χ1) is 6.20. The zero-order valence-electron chi connectivity index (χ0n) is 7.08. The summed E-state index contributed by atoms with van der Waals surface area (Å²) in [7, 11) is 1.29. The lowest BCUT2D eigenvalue weighted by molar-refractivity contribution is 0.0600. The van der Waals surface area contributed by atoms with E-state index in [1.54, 1.807) is 0 Å². The SMILES string of the molecule is C=Cc1cncc(C(=O)OC)c1Cl. The van der Waals surface area contributed by atoms with Gasteiger partial charge in [-0.3, -0.25) is 4.98 Å². The Morgan fingerprint density at radius 3 is 2.92 bits per heavy atom. The van der Waals surface area contributed by atoms with Gasteiger partial charge in [0.2, 0.25) is 0 Å². The molecule has 1 rings (SSSR count). The van der Waals surface area contributed by atoms with Crippen LogP contribution in [0, 0.1) is 0 Å². The van der Waals surface area contributed by atoms with Gasteiger partial charge in [0.15, 0.2) is 0 Å². The average molecular weight is 198 g/mol. The van der Waals surface area contributed by atoms with Crippen molar-refractivity contribution in [3.8, 4) is 0 Å². The fourth-order valence-electron chi connectivity index (χ4n) is 0.856. The summed E-state index contributed by atoms with van der Waals surface area (Å²) < 4.78 is 4.52. The van der Waals surface area contributed by atoms with Gasteiger partial charge in [-0.05, 0) is 0 Å². The van der Waals surface area contributed by atoms with Crippen molar-refractivity contribution in [2.75, 3.05) is 7.11 Å². The van der Waals surface area contributed by atoms with Crippen LogP contribution in [0.25, 0.3) is 6.08 Å². The fourth-order valence-corrected chi connectivity index (χ4v) is 1.11. The molecule has 0 N–H and O–H groups in total. The third-order valence-electron chi connectivity index (χ3n) is 1.53. The quantitative estimate of drug-likeness (QED) is 0.682. The molecule has 0 atom stereocenters. The molecule has 0 spiro atoms. The van der Waals surface area contributed by atoms with Gasteiger partial charge in [-0.15, -0.1) is 0 Å². The summed E-state index contributed by atoms with van der Waals surface area (Å²) >= 11 is 5.87. The number of pyridine rings is 1. The highest BCUT2D eigenvalue weighted by atomic mass is 35.5. The smallest absolute Gasteiger partial charge is 0.340 e. The number of halogens is 1. The molecule has 0 fully saturated rings. The first-order valence-electron chi connectivity index (χ1n) is 3.55. The Hall–Kier alpha value is -1.35. The van der Waals surface area contributed by atoms with Crippen molar-refractivity contribution >= 4 is 23.6 Å². The normalized spacial score (nSPS) is 9.38. The molecule has 0 radical (unpaired) electrons. The van der Waals surface area contributed by atoms with Crippen LogP contribution in [0.15, 0.2) is 19.0 Å². The maximum Gasteiger partial charge on any atom is 0.340 e. The molecule has 1 aromatic rings. The highest BCUT2D eigenvalue weighted by Gasteiger charge is 2.12. The van der Waals surface area contributed by atoms with Crippen LogP contribution in [0.1, 0.15) is 15.9 Å². The van der Waals surface area contributed by atoms with E-state index in [1.165, 1.54) is 25.6 Å². The van der Waals surface area contributed by atoms with Crippen molar-refractivity contribution in [2.24, 2.45) is 0 Å². The molecule has 0 aliphatic carbocycles. The van der Waals surface area contributed by atoms with Crippen LogP contribution in [0.4, 0.5) is 0 Å². The molecule has 0 saturated heterocycles. The maximum absolute atomic E-state index is 11.1. The van der Waals surface area contributed by atoms with Crippen LogP contribution in [0.5, 0.6) is 0 Å². The predicted octanol–water partition coefficient (Wildman–Crippen LogP) is 2.16. The zero-order chi connectivity index (χ0) is 9.84. The number of methoxy groups -OCH3 is 1. The second-order valence-electron chi connectivity index (χ2n) is 2.29. The minimum atomic E-state index is -0.499. The predicted molar refractivity (Wildman–Crippen MR) is 50.7 cm³/mol. The van der Waals surface area contributed by atoms with Crippen LogP contribution in [-0.2, 0) is 4.74 Å². The Balaban J connectivity index is 3.23. The van der Waals surface area contributed by atoms with Gasteiger partial charge in [-0.1, -0.05) is 24.3 Å². The van der Waals surface area contributed by atoms with Crippen molar-refractivity contribution in [3.05, 3.63) is 35.1 Å². The molecule has 0 saturated carbocycles. The van der Waals surface area contributed by atoms with Crippen LogP contribution in [0.2, 0.25) is 5.02 Å². The van der Waals surface area contributed by atoms with Gasteiger partial charge in [0.1, 0.15) is 0 Å². The Kier molecular flexibility index (Phi) is 3.03. The number of ether oxygens (including phenoxy) is 1. The molecule has 4 heteroatoms. The number of aromatic nitrogens is 1. The van der Waals surface area contributed by atoms with Crippen LogP contribution in [0.3, 0.4) is 0 Å². The first-order valence-corrected chi connectivity index (χ1v) is 3.92. The van der Waals surface area contributed by atoms with Crippen LogP contribution < -0.4 is 0 Å². The summed E-state index contributed by atoms with van der Waals surface area (Å²) in [5.74, 6) is -0.499. The molecule has 0 aromatic carbocycles. The number of rotatable bonds is 2. The summed E-state index contributed by atoms with van der Waals surface area (Å²) in [6.45, 7) is 3.54. The van der Waals surface area contributed by atoms with Gasteiger partial charge >= 0.3 is 5.97 Å². The lowest BCUT2D eigenvalue weighted by Crippen LogP contribution is -2.03. The Morgan fingerprint density at radius 1 is 1.69 bits per heavy atom. The molecule has 1 heterocycles. The molecular formula is C9H8ClNO2. The van der Waals surface area contributed by atoms with E-state index in [9.17, 15) is 4.79 Å². The van der Waals surface area contributed by atoms with Crippen molar-refractivity contribution in [1.29, 1.82) is 0 Å². The van der Waals surface area contributed by atoms with Crippen molar-refractivity contribution in [2.45, 2.75) is 0 Å². The molecule has 13 heavy (non-hydrogen) atoms. The topological polar surface area (TPSA) is 39.2 Å². The number of carbonyl (C=O) groups is 1. The third kappa shape index (κ3) is 1.87. The van der Waals surface area contributed by atoms with Gasteiger partial charge in [0, 0.05) is 18.0 Å². The standard InChI is InChI=1S/C9H8ClNO2/c1-3-6-4-11-5-7(8(6)10)9(12)13-2/h3-5H,1H2,2H3. The summed E-state index contributed by atoms with van der Waals surface area (Å²) in [4.78, 5) is 15.0. The lowest BCUT2D eigenvalue weighted by Gasteiger charge is -2.03. The molecule has 0 amide bonds. The Morgan fingerprint density at radius 2 is 2.38 bits per heavy atom. The van der Waals surface area contributed by atoms with Gasteiger partial charge in [-0.25, -0.2) is 4.79 Å². The molecule has 68 valence electrons. The lowest BCUT2D eigenvalue weighted by atomic mass is 10.2. The van der Waals surface area contributed by atoms with E-state index in [2.05, 4.69) is 16.3 Å². The second kappa shape index (κ2) is 4.05. The number of carbonyl (C=O) groups excluding carboxylic acids is 1. The molecule has 0 bridgehead atoms.